The highest BCUT2D eigenvalue weighted by atomic mass is 16.5. The van der Waals surface area contributed by atoms with Gasteiger partial charge in [0.05, 0.1) is 18.1 Å². The molecule has 2 amide bonds. The van der Waals surface area contributed by atoms with Crippen molar-refractivity contribution in [2.75, 3.05) is 26.2 Å². The van der Waals surface area contributed by atoms with E-state index in [1.807, 2.05) is 35.2 Å². The lowest BCUT2D eigenvalue weighted by Gasteiger charge is -2.39. The van der Waals surface area contributed by atoms with Crippen LogP contribution in [0.1, 0.15) is 44.1 Å². The Kier molecular flexibility index (Phi) is 5.97. The first-order chi connectivity index (χ1) is 13.6. The van der Waals surface area contributed by atoms with Gasteiger partial charge in [0, 0.05) is 26.2 Å². The largest absolute Gasteiger partial charge is 0.370 e. The Morgan fingerprint density at radius 2 is 1.89 bits per heavy atom. The lowest BCUT2D eigenvalue weighted by Crippen LogP contribution is -2.47. The Balaban J connectivity index is 1.21. The summed E-state index contributed by atoms with van der Waals surface area (Å²) in [4.78, 5) is 26.6. The molecule has 3 heterocycles. The summed E-state index contributed by atoms with van der Waals surface area (Å²) < 4.78 is 11.8. The van der Waals surface area contributed by atoms with Crippen LogP contribution in [0.2, 0.25) is 0 Å². The van der Waals surface area contributed by atoms with Crippen molar-refractivity contribution in [2.45, 2.75) is 62.8 Å². The smallest absolute Gasteiger partial charge is 0.249 e. The number of carbonyl (C=O) groups is 2. The van der Waals surface area contributed by atoms with Crippen LogP contribution in [0.4, 0.5) is 0 Å². The van der Waals surface area contributed by atoms with Crippen LogP contribution in [0.25, 0.3) is 0 Å². The van der Waals surface area contributed by atoms with E-state index in [1.165, 1.54) is 0 Å². The van der Waals surface area contributed by atoms with Crippen molar-refractivity contribution < 1.29 is 19.1 Å². The molecule has 6 heteroatoms. The van der Waals surface area contributed by atoms with E-state index in [0.29, 0.717) is 19.6 Å². The highest BCUT2D eigenvalue weighted by Crippen LogP contribution is 2.38. The molecule has 3 saturated heterocycles. The molecular formula is C22H30N2O4. The van der Waals surface area contributed by atoms with Gasteiger partial charge in [-0.05, 0) is 44.1 Å². The Hall–Kier alpha value is -1.92. The lowest BCUT2D eigenvalue weighted by molar-refractivity contribution is -0.138. The fourth-order valence-corrected chi connectivity index (χ4v) is 4.57. The minimum absolute atomic E-state index is 0.0108. The number of likely N-dealkylation sites (tertiary alicyclic amines) is 1. The van der Waals surface area contributed by atoms with Crippen LogP contribution in [0, 0.1) is 0 Å². The van der Waals surface area contributed by atoms with Crippen LogP contribution in [-0.2, 0) is 25.5 Å². The summed E-state index contributed by atoms with van der Waals surface area (Å²) in [5.74, 6) is 0.183. The molecule has 0 radical (unpaired) electrons. The van der Waals surface area contributed by atoms with Crippen LogP contribution >= 0.6 is 0 Å². The molecule has 2 atom stereocenters. The number of ether oxygens (including phenoxy) is 2. The van der Waals surface area contributed by atoms with Crippen LogP contribution in [0.5, 0.6) is 0 Å². The number of nitrogens with zero attached hydrogens (tertiary/aromatic N) is 1. The van der Waals surface area contributed by atoms with Gasteiger partial charge in [-0.15, -0.1) is 0 Å². The third-order valence-electron chi connectivity index (χ3n) is 6.29. The van der Waals surface area contributed by atoms with Gasteiger partial charge in [0.1, 0.15) is 6.10 Å². The SMILES string of the molecule is O=C(NCC1CCC2(CCN(C(=O)Cc3ccccc3)CC2)O1)C1CCCO1. The summed E-state index contributed by atoms with van der Waals surface area (Å²) in [5, 5.41) is 2.99. The first-order valence-corrected chi connectivity index (χ1v) is 10.5. The zero-order valence-corrected chi connectivity index (χ0v) is 16.4. The van der Waals surface area contributed by atoms with Gasteiger partial charge in [0.15, 0.2) is 0 Å². The van der Waals surface area contributed by atoms with Gasteiger partial charge in [0.25, 0.3) is 0 Å². The maximum absolute atomic E-state index is 12.6. The van der Waals surface area contributed by atoms with Gasteiger partial charge >= 0.3 is 0 Å². The molecule has 1 N–H and O–H groups in total. The lowest BCUT2D eigenvalue weighted by atomic mass is 9.88. The Morgan fingerprint density at radius 3 is 2.61 bits per heavy atom. The predicted octanol–water partition coefficient (Wildman–Crippen LogP) is 2.06. The highest BCUT2D eigenvalue weighted by molar-refractivity contribution is 5.81. The fourth-order valence-electron chi connectivity index (χ4n) is 4.57. The molecule has 3 aliphatic heterocycles. The molecule has 6 nitrogen and oxygen atoms in total. The topological polar surface area (TPSA) is 67.9 Å². The number of nitrogens with one attached hydrogen (secondary N) is 1. The summed E-state index contributed by atoms with van der Waals surface area (Å²) in [6.45, 7) is 2.74. The van der Waals surface area contributed by atoms with Crippen molar-refractivity contribution in [1.29, 1.82) is 0 Å². The minimum atomic E-state index is -0.283. The zero-order valence-electron chi connectivity index (χ0n) is 16.4. The van der Waals surface area contributed by atoms with Crippen LogP contribution < -0.4 is 5.32 Å². The van der Waals surface area contributed by atoms with Crippen LogP contribution in [0.15, 0.2) is 30.3 Å². The van der Waals surface area contributed by atoms with E-state index < -0.39 is 0 Å². The quantitative estimate of drug-likeness (QED) is 0.841. The van der Waals surface area contributed by atoms with Crippen molar-refractivity contribution in [3.63, 3.8) is 0 Å². The Bertz CT molecular complexity index is 679. The van der Waals surface area contributed by atoms with Gasteiger partial charge in [0.2, 0.25) is 11.8 Å². The van der Waals surface area contributed by atoms with E-state index >= 15 is 0 Å². The summed E-state index contributed by atoms with van der Waals surface area (Å²) in [6.07, 6.45) is 5.75. The molecule has 1 aromatic rings. The number of hydrogen-bond donors (Lipinski definition) is 1. The average Bonchev–Trinajstić information content (AvgIpc) is 3.38. The second-order valence-electron chi connectivity index (χ2n) is 8.25. The van der Waals surface area contributed by atoms with E-state index in [1.54, 1.807) is 0 Å². The number of carbonyl (C=O) groups excluding carboxylic acids is 2. The fraction of sp³-hybridized carbons (Fsp3) is 0.636. The molecule has 1 spiro atoms. The van der Waals surface area contributed by atoms with Crippen molar-refractivity contribution >= 4 is 11.8 Å². The molecule has 0 bridgehead atoms. The van der Waals surface area contributed by atoms with Gasteiger partial charge in [-0.3, -0.25) is 9.59 Å². The Morgan fingerprint density at radius 1 is 1.11 bits per heavy atom. The third-order valence-corrected chi connectivity index (χ3v) is 6.29. The van der Waals surface area contributed by atoms with Crippen molar-refractivity contribution in [1.82, 2.24) is 10.2 Å². The van der Waals surface area contributed by atoms with Crippen molar-refractivity contribution in [2.24, 2.45) is 0 Å². The van der Waals surface area contributed by atoms with Gasteiger partial charge in [-0.2, -0.15) is 0 Å². The standard InChI is InChI=1S/C22H30N2O4/c25-20(15-17-5-2-1-3-6-17)24-12-10-22(11-13-24)9-8-18(28-22)16-23-21(26)19-7-4-14-27-19/h1-3,5-6,18-19H,4,7-16H2,(H,23,26). The summed E-state index contributed by atoms with van der Waals surface area (Å²) in [6, 6.07) is 9.91. The number of benzene rings is 1. The second-order valence-corrected chi connectivity index (χ2v) is 8.25. The van der Waals surface area contributed by atoms with Crippen molar-refractivity contribution in [3.8, 4) is 0 Å². The monoisotopic (exact) mass is 386 g/mol. The van der Waals surface area contributed by atoms with E-state index in [2.05, 4.69) is 5.32 Å². The summed E-state index contributed by atoms with van der Waals surface area (Å²) >= 11 is 0. The molecule has 3 fully saturated rings. The number of amides is 2. The molecule has 0 saturated carbocycles. The molecular weight excluding hydrogens is 356 g/mol. The number of hydrogen-bond acceptors (Lipinski definition) is 4. The first-order valence-electron chi connectivity index (χ1n) is 10.5. The summed E-state index contributed by atoms with van der Waals surface area (Å²) in [7, 11) is 0. The predicted molar refractivity (Wildman–Crippen MR) is 105 cm³/mol. The molecule has 4 rings (SSSR count). The minimum Gasteiger partial charge on any atom is -0.370 e. The van der Waals surface area contributed by atoms with Crippen molar-refractivity contribution in [3.05, 3.63) is 35.9 Å². The second kappa shape index (κ2) is 8.62. The van der Waals surface area contributed by atoms with Crippen LogP contribution in [-0.4, -0.2) is 60.8 Å². The van der Waals surface area contributed by atoms with Gasteiger partial charge in [-0.25, -0.2) is 0 Å². The molecule has 152 valence electrons. The van der Waals surface area contributed by atoms with E-state index in [-0.39, 0.29) is 29.6 Å². The van der Waals surface area contributed by atoms with Gasteiger partial charge in [-0.1, -0.05) is 30.3 Å². The zero-order chi connectivity index (χ0) is 19.4. The highest BCUT2D eigenvalue weighted by Gasteiger charge is 2.43. The van der Waals surface area contributed by atoms with E-state index in [0.717, 1.165) is 57.2 Å². The molecule has 28 heavy (non-hydrogen) atoms. The maximum Gasteiger partial charge on any atom is 0.249 e. The summed E-state index contributed by atoms with van der Waals surface area (Å²) in [5.41, 5.74) is 0.940. The molecule has 0 aliphatic carbocycles. The molecule has 2 unspecified atom stereocenters. The third kappa shape index (κ3) is 4.55. The maximum atomic E-state index is 12.6. The normalized spacial score (nSPS) is 26.5. The molecule has 3 aliphatic rings. The number of piperidine rings is 1. The molecule has 0 aromatic heterocycles. The van der Waals surface area contributed by atoms with E-state index in [4.69, 9.17) is 9.47 Å². The van der Waals surface area contributed by atoms with E-state index in [9.17, 15) is 9.59 Å². The Labute approximate surface area is 166 Å². The average molecular weight is 386 g/mol. The van der Waals surface area contributed by atoms with Crippen LogP contribution in [0.3, 0.4) is 0 Å². The van der Waals surface area contributed by atoms with Gasteiger partial charge < -0.3 is 19.7 Å². The first kappa shape index (κ1) is 19.4. The molecule has 1 aromatic carbocycles. The number of rotatable bonds is 5.